The lowest BCUT2D eigenvalue weighted by Gasteiger charge is -2.34. The quantitative estimate of drug-likeness (QED) is 0.0787. The number of nitrogens with zero attached hydrogens (tertiary/aromatic N) is 8. The molecule has 23 heteroatoms. The van der Waals surface area contributed by atoms with Crippen LogP contribution in [-0.2, 0) is 28.8 Å². The van der Waals surface area contributed by atoms with E-state index in [2.05, 4.69) is 47.5 Å². The Balaban J connectivity index is 1.25. The number of aliphatic hydroxyl groups is 3. The molecule has 8 N–H and O–H groups in total. The fraction of sp³-hybridized carbons (Fsp3) is 0.526. The Labute approximate surface area is 237 Å². The van der Waals surface area contributed by atoms with Gasteiger partial charge in [0, 0.05) is 0 Å². The van der Waals surface area contributed by atoms with Gasteiger partial charge in [-0.1, -0.05) is 17.5 Å². The number of nitrogens with two attached hydrogens (primary N) is 2. The minimum atomic E-state index is -4.55. The van der Waals surface area contributed by atoms with Gasteiger partial charge in [0.1, 0.15) is 30.7 Å². The van der Waals surface area contributed by atoms with Gasteiger partial charge >= 0.3 is 6.80 Å². The summed E-state index contributed by atoms with van der Waals surface area (Å²) in [6.45, 7) is -6.47. The highest BCUT2D eigenvalue weighted by Crippen LogP contribution is 2.59. The van der Waals surface area contributed by atoms with E-state index in [1.807, 2.05) is 0 Å². The Morgan fingerprint density at radius 1 is 1.24 bits per heavy atom. The topological polar surface area (TPSA) is 287 Å². The number of hydrogen-bond acceptors (Lipinski definition) is 17. The van der Waals surface area contributed by atoms with E-state index in [4.69, 9.17) is 30.0 Å². The van der Waals surface area contributed by atoms with Crippen LogP contribution in [0.5, 0.6) is 0 Å². The third-order valence-corrected chi connectivity index (χ3v) is 8.44. The summed E-state index contributed by atoms with van der Waals surface area (Å²) in [6, 6.07) is 0. The van der Waals surface area contributed by atoms with Crippen molar-refractivity contribution in [2.24, 2.45) is 0 Å². The van der Waals surface area contributed by atoms with Gasteiger partial charge in [-0.05, 0) is 0 Å². The van der Waals surface area contributed by atoms with E-state index in [1.165, 1.54) is 0 Å². The maximum Gasteiger partial charge on any atom is 0.388 e. The first-order valence-corrected chi connectivity index (χ1v) is 14.8. The minimum Gasteiger partial charge on any atom is -0.394 e. The summed E-state index contributed by atoms with van der Waals surface area (Å²) in [6.07, 6.45) is -7.51. The van der Waals surface area contributed by atoms with Gasteiger partial charge < -0.3 is 36.3 Å². The second kappa shape index (κ2) is 10.4. The maximum atomic E-state index is 15.1. The van der Waals surface area contributed by atoms with Gasteiger partial charge in [-0.15, -0.1) is 5.10 Å². The van der Waals surface area contributed by atoms with Crippen LogP contribution in [0.25, 0.3) is 22.3 Å². The zero-order chi connectivity index (χ0) is 30.0. The molecule has 0 aromatic carbocycles. The number of anilines is 2. The van der Waals surface area contributed by atoms with Crippen molar-refractivity contribution in [2.75, 3.05) is 31.3 Å². The van der Waals surface area contributed by atoms with Gasteiger partial charge in [0.2, 0.25) is 11.7 Å². The number of aromatic amines is 1. The molecule has 0 saturated carbocycles. The molecule has 2 aliphatic rings. The van der Waals surface area contributed by atoms with Gasteiger partial charge in [-0.3, -0.25) is 23.4 Å². The van der Waals surface area contributed by atoms with Crippen LogP contribution in [-0.4, -0.2) is 110 Å². The van der Waals surface area contributed by atoms with Crippen LogP contribution in [0.3, 0.4) is 0 Å². The average Bonchev–Trinajstić information content (AvgIpc) is 3.70. The Kier molecular flexibility index (Phi) is 7.14. The Bertz CT molecular complexity index is 1760. The first kappa shape index (κ1) is 28.8. The largest absolute Gasteiger partial charge is 0.394 e. The zero-order valence-electron chi connectivity index (χ0n) is 21.0. The van der Waals surface area contributed by atoms with E-state index in [0.29, 0.717) is 0 Å². The molecule has 0 spiro atoms. The number of thiol groups is 1. The van der Waals surface area contributed by atoms with Gasteiger partial charge in [-0.25, -0.2) is 23.9 Å². The summed E-state index contributed by atoms with van der Waals surface area (Å²) in [4.78, 5) is 30.3. The molecule has 4 aromatic rings. The van der Waals surface area contributed by atoms with E-state index in [0.717, 1.165) is 21.9 Å². The van der Waals surface area contributed by atoms with E-state index in [-0.39, 0.29) is 34.1 Å². The summed E-state index contributed by atoms with van der Waals surface area (Å²) < 4.78 is 52.7. The molecule has 0 bridgehead atoms. The molecule has 4 aromatic heterocycles. The molecular formula is C19H23FN11O9PS. The second-order valence-electron chi connectivity index (χ2n) is 9.38. The van der Waals surface area contributed by atoms with Crippen LogP contribution in [0.15, 0.2) is 17.4 Å². The third-order valence-electron chi connectivity index (χ3n) is 6.83. The van der Waals surface area contributed by atoms with Crippen molar-refractivity contribution in [3.63, 3.8) is 0 Å². The van der Waals surface area contributed by atoms with Crippen LogP contribution in [0.2, 0.25) is 0 Å². The predicted octanol–water partition coefficient (Wildman–Crippen LogP) is -2.41. The number of aromatic nitrogens is 9. The van der Waals surface area contributed by atoms with Gasteiger partial charge in [-0.2, -0.15) is 9.67 Å². The van der Waals surface area contributed by atoms with Crippen LogP contribution in [0.1, 0.15) is 6.23 Å². The molecule has 226 valence electrons. The fourth-order valence-corrected chi connectivity index (χ4v) is 6.43. The fourth-order valence-electron chi connectivity index (χ4n) is 4.77. The third kappa shape index (κ3) is 4.60. The number of aliphatic hydroxyl groups excluding tert-OH is 3. The van der Waals surface area contributed by atoms with Gasteiger partial charge in [0.25, 0.3) is 5.56 Å². The predicted molar refractivity (Wildman–Crippen MR) is 139 cm³/mol. The molecule has 2 saturated heterocycles. The van der Waals surface area contributed by atoms with E-state index in [9.17, 15) is 24.7 Å². The maximum absolute atomic E-state index is 15.1. The van der Waals surface area contributed by atoms with E-state index >= 15 is 4.39 Å². The molecule has 0 aliphatic carbocycles. The highest BCUT2D eigenvalue weighted by Gasteiger charge is 2.56. The summed E-state index contributed by atoms with van der Waals surface area (Å²) in [7, 11) is 0. The second-order valence-corrected chi connectivity index (χ2v) is 12.2. The first-order chi connectivity index (χ1) is 20.0. The summed E-state index contributed by atoms with van der Waals surface area (Å²) in [5.41, 5.74) is 8.32. The number of imidazole rings is 1. The molecule has 0 amide bonds. The highest BCUT2D eigenvalue weighted by molar-refractivity contribution is 8.44. The number of halogens is 1. The normalized spacial score (nSPS) is 31.3. The van der Waals surface area contributed by atoms with E-state index in [1.54, 1.807) is 0 Å². The molecule has 8 atom stereocenters. The molecular weight excluding hydrogens is 608 g/mol. The number of nitrogen functional groups attached to an aromatic ring is 2. The van der Waals surface area contributed by atoms with Crippen LogP contribution < -0.4 is 17.0 Å². The highest BCUT2D eigenvalue weighted by atomic mass is 32.7. The molecule has 1 unspecified atom stereocenters. The van der Waals surface area contributed by atoms with Crippen molar-refractivity contribution in [3.8, 4) is 0 Å². The molecule has 20 nitrogen and oxygen atoms in total. The smallest absolute Gasteiger partial charge is 0.388 e. The number of H-pyrrole nitrogens is 1. The molecule has 2 fully saturated rings. The monoisotopic (exact) mass is 631 g/mol. The van der Waals surface area contributed by atoms with Crippen LogP contribution >= 0.6 is 19.0 Å². The lowest BCUT2D eigenvalue weighted by molar-refractivity contribution is -0.0978. The summed E-state index contributed by atoms with van der Waals surface area (Å²) in [5.74, 6) is -0.296. The molecule has 6 heterocycles. The van der Waals surface area contributed by atoms with Crippen LogP contribution in [0.4, 0.5) is 16.2 Å². The van der Waals surface area contributed by atoms with Gasteiger partial charge in [0.15, 0.2) is 40.5 Å². The number of nitrogens with one attached hydrogen (secondary N) is 1. The van der Waals surface area contributed by atoms with Crippen molar-refractivity contribution >= 4 is 53.1 Å². The van der Waals surface area contributed by atoms with Crippen molar-refractivity contribution in [2.45, 2.75) is 42.5 Å². The number of fused-ring (bicyclic) bond motifs is 2. The molecule has 2 aliphatic heterocycles. The van der Waals surface area contributed by atoms with Crippen molar-refractivity contribution in [1.82, 2.24) is 44.5 Å². The zero-order valence-corrected chi connectivity index (χ0v) is 22.8. The number of rotatable bonds is 8. The van der Waals surface area contributed by atoms with Crippen LogP contribution in [0, 0.1) is 0 Å². The minimum absolute atomic E-state index is 0.00291. The number of ether oxygens (including phenoxy) is 2. The lowest BCUT2D eigenvalue weighted by Crippen LogP contribution is -2.48. The Hall–Kier alpha value is -3.34. The average molecular weight is 632 g/mol. The van der Waals surface area contributed by atoms with Gasteiger partial charge in [0.05, 0.1) is 26.1 Å². The summed E-state index contributed by atoms with van der Waals surface area (Å²) >= 11 is 3.99. The Morgan fingerprint density at radius 2 is 2.02 bits per heavy atom. The molecule has 6 rings (SSSR count). The molecule has 0 radical (unpaired) electrons. The standard InChI is InChI=1S/C19H23FN11O9PS/c20-8-11(33)7(39-17(8)31-14-9(28-29-31)13(21)23-4-24-14)2-38-41(36,42)40-19(3-37-6(1-32)12(19)34)30-5-25-10-15(30)26-18(22)27-16(10)35/h4-8,11-12,17,32-34H,1-3H2,(H,36,42)(H2,21,23,24)(H3,22,26,27,35)/t6-,7-,8+,11-,12-,17-,19-,41?/m1/s1. The van der Waals surface area contributed by atoms with E-state index < -0.39 is 74.7 Å². The first-order valence-electron chi connectivity index (χ1n) is 12.1. The number of hydrogen-bond donors (Lipinski definition) is 7. The lowest BCUT2D eigenvalue weighted by atomic mass is 10.1. The Morgan fingerprint density at radius 3 is 2.76 bits per heavy atom. The van der Waals surface area contributed by atoms with Crippen molar-refractivity contribution < 1.29 is 42.8 Å². The SMILES string of the molecule is Nc1nc2c(ncn2[C@@]2(OP(=O)(S)OC[C@H]3O[C@@H](n4nnc5c(N)ncnc54)[C@@H](F)[C@@H]3O)CO[C@H](CO)[C@H]2O)c(=O)[nH]1. The number of alkyl halides is 1. The van der Waals surface area contributed by atoms with Crippen molar-refractivity contribution in [3.05, 3.63) is 23.0 Å². The molecule has 42 heavy (non-hydrogen) atoms. The van der Waals surface area contributed by atoms with Crippen molar-refractivity contribution in [1.29, 1.82) is 0 Å². The summed E-state index contributed by atoms with van der Waals surface area (Å²) in [5, 5.41) is 38.9.